The average Bonchev–Trinajstić information content (AvgIpc) is 2.87. The molecule has 3 N–H and O–H groups in total. The number of anilines is 1. The van der Waals surface area contributed by atoms with E-state index in [1.807, 2.05) is 32.0 Å². The fourth-order valence-corrected chi connectivity index (χ4v) is 2.58. The van der Waals surface area contributed by atoms with Gasteiger partial charge < -0.3 is 15.7 Å². The number of aliphatic hydroxyl groups is 1. The summed E-state index contributed by atoms with van der Waals surface area (Å²) in [6, 6.07) is 5.66. The van der Waals surface area contributed by atoms with Gasteiger partial charge >= 0.3 is 11.8 Å². The summed E-state index contributed by atoms with van der Waals surface area (Å²) in [6.45, 7) is 3.92. The van der Waals surface area contributed by atoms with Crippen molar-refractivity contribution in [3.63, 3.8) is 0 Å². The molecule has 0 unspecified atom stereocenters. The SMILES string of the molecule is Cc1ccc(C)c(NC(=O)C(=O)NCC2(O)CCCC2)c1. The van der Waals surface area contributed by atoms with Crippen molar-refractivity contribution in [2.75, 3.05) is 11.9 Å². The number of benzene rings is 1. The number of amides is 2. The highest BCUT2D eigenvalue weighted by Crippen LogP contribution is 2.28. The maximum absolute atomic E-state index is 11.9. The second-order valence-electron chi connectivity index (χ2n) is 5.89. The lowest BCUT2D eigenvalue weighted by Gasteiger charge is -2.22. The van der Waals surface area contributed by atoms with Crippen LogP contribution in [0.4, 0.5) is 5.69 Å². The van der Waals surface area contributed by atoms with E-state index in [2.05, 4.69) is 10.6 Å². The summed E-state index contributed by atoms with van der Waals surface area (Å²) in [5.74, 6) is -1.42. The number of carbonyl (C=O) groups excluding carboxylic acids is 2. The zero-order valence-electron chi connectivity index (χ0n) is 12.5. The fourth-order valence-electron chi connectivity index (χ4n) is 2.58. The summed E-state index contributed by atoms with van der Waals surface area (Å²) in [7, 11) is 0. The predicted octanol–water partition coefficient (Wildman–Crippen LogP) is 1.66. The minimum atomic E-state index is -0.852. The second kappa shape index (κ2) is 6.26. The van der Waals surface area contributed by atoms with Crippen molar-refractivity contribution in [3.05, 3.63) is 29.3 Å². The predicted molar refractivity (Wildman–Crippen MR) is 81.0 cm³/mol. The number of nitrogens with one attached hydrogen (secondary N) is 2. The van der Waals surface area contributed by atoms with E-state index in [0.717, 1.165) is 24.0 Å². The Morgan fingerprint density at radius 3 is 2.52 bits per heavy atom. The maximum atomic E-state index is 11.9. The minimum absolute atomic E-state index is 0.131. The van der Waals surface area contributed by atoms with Gasteiger partial charge in [0.15, 0.2) is 0 Å². The molecule has 2 rings (SSSR count). The van der Waals surface area contributed by atoms with E-state index in [-0.39, 0.29) is 6.54 Å². The van der Waals surface area contributed by atoms with Gasteiger partial charge in [-0.2, -0.15) is 0 Å². The van der Waals surface area contributed by atoms with Crippen LogP contribution >= 0.6 is 0 Å². The molecule has 1 aromatic rings. The lowest BCUT2D eigenvalue weighted by molar-refractivity contribution is -0.136. The van der Waals surface area contributed by atoms with E-state index in [4.69, 9.17) is 0 Å². The zero-order valence-corrected chi connectivity index (χ0v) is 12.5. The molecule has 2 amide bonds. The van der Waals surface area contributed by atoms with Crippen LogP contribution in [-0.2, 0) is 9.59 Å². The Kier molecular flexibility index (Phi) is 4.63. The molecule has 1 saturated carbocycles. The van der Waals surface area contributed by atoms with Crippen LogP contribution in [0, 0.1) is 13.8 Å². The molecule has 1 aliphatic carbocycles. The topological polar surface area (TPSA) is 78.4 Å². The molecule has 0 spiro atoms. The Bertz CT molecular complexity index is 548. The van der Waals surface area contributed by atoms with Gasteiger partial charge in [0.05, 0.1) is 5.60 Å². The lowest BCUT2D eigenvalue weighted by Crippen LogP contribution is -2.44. The van der Waals surface area contributed by atoms with E-state index < -0.39 is 17.4 Å². The van der Waals surface area contributed by atoms with E-state index in [9.17, 15) is 14.7 Å². The summed E-state index contributed by atoms with van der Waals surface area (Å²) in [6.07, 6.45) is 3.26. The molecule has 0 heterocycles. The van der Waals surface area contributed by atoms with Crippen molar-refractivity contribution >= 4 is 17.5 Å². The minimum Gasteiger partial charge on any atom is -0.388 e. The molecule has 1 fully saturated rings. The van der Waals surface area contributed by atoms with Gasteiger partial charge in [-0.05, 0) is 43.9 Å². The van der Waals surface area contributed by atoms with Crippen LogP contribution in [0.3, 0.4) is 0 Å². The third-order valence-corrected chi connectivity index (χ3v) is 3.96. The van der Waals surface area contributed by atoms with Crippen molar-refractivity contribution in [3.8, 4) is 0 Å². The molecular weight excluding hydrogens is 268 g/mol. The largest absolute Gasteiger partial charge is 0.388 e. The van der Waals surface area contributed by atoms with E-state index >= 15 is 0 Å². The summed E-state index contributed by atoms with van der Waals surface area (Å²) in [4.78, 5) is 23.7. The molecular formula is C16H22N2O3. The van der Waals surface area contributed by atoms with Crippen molar-refractivity contribution in [2.45, 2.75) is 45.1 Å². The normalized spacial score (nSPS) is 16.5. The van der Waals surface area contributed by atoms with Crippen molar-refractivity contribution in [2.24, 2.45) is 0 Å². The molecule has 5 nitrogen and oxygen atoms in total. The highest BCUT2D eigenvalue weighted by Gasteiger charge is 2.32. The molecule has 114 valence electrons. The van der Waals surface area contributed by atoms with Crippen LogP contribution in [0.5, 0.6) is 0 Å². The van der Waals surface area contributed by atoms with Gasteiger partial charge in [0.25, 0.3) is 0 Å². The molecule has 0 aliphatic heterocycles. The molecule has 0 aromatic heterocycles. The highest BCUT2D eigenvalue weighted by atomic mass is 16.3. The fraction of sp³-hybridized carbons (Fsp3) is 0.500. The number of rotatable bonds is 3. The Balaban J connectivity index is 1.90. The Morgan fingerprint density at radius 1 is 1.19 bits per heavy atom. The molecule has 1 aliphatic rings. The maximum Gasteiger partial charge on any atom is 0.313 e. The van der Waals surface area contributed by atoms with Crippen LogP contribution in [0.1, 0.15) is 36.8 Å². The van der Waals surface area contributed by atoms with Gasteiger partial charge in [-0.25, -0.2) is 0 Å². The van der Waals surface area contributed by atoms with Gasteiger partial charge in [-0.1, -0.05) is 25.0 Å². The monoisotopic (exact) mass is 290 g/mol. The summed E-state index contributed by atoms with van der Waals surface area (Å²) < 4.78 is 0. The number of hydrogen-bond acceptors (Lipinski definition) is 3. The quantitative estimate of drug-likeness (QED) is 0.741. The van der Waals surface area contributed by atoms with E-state index in [1.54, 1.807) is 0 Å². The van der Waals surface area contributed by atoms with Gasteiger partial charge in [0, 0.05) is 12.2 Å². The second-order valence-corrected chi connectivity index (χ2v) is 5.89. The van der Waals surface area contributed by atoms with Gasteiger partial charge in [0.1, 0.15) is 0 Å². The van der Waals surface area contributed by atoms with Crippen LogP contribution < -0.4 is 10.6 Å². The Morgan fingerprint density at radius 2 is 1.86 bits per heavy atom. The molecule has 0 saturated heterocycles. The first-order valence-electron chi connectivity index (χ1n) is 7.28. The molecule has 5 heteroatoms. The number of hydrogen-bond donors (Lipinski definition) is 3. The van der Waals surface area contributed by atoms with E-state index in [1.165, 1.54) is 0 Å². The summed E-state index contributed by atoms with van der Waals surface area (Å²) >= 11 is 0. The lowest BCUT2D eigenvalue weighted by atomic mass is 10.0. The third kappa shape index (κ3) is 4.04. The molecule has 21 heavy (non-hydrogen) atoms. The van der Waals surface area contributed by atoms with Crippen LogP contribution in [0.2, 0.25) is 0 Å². The Hall–Kier alpha value is -1.88. The first-order valence-corrected chi connectivity index (χ1v) is 7.28. The zero-order chi connectivity index (χ0) is 15.5. The first kappa shape index (κ1) is 15.5. The smallest absolute Gasteiger partial charge is 0.313 e. The van der Waals surface area contributed by atoms with Crippen LogP contribution in [0.25, 0.3) is 0 Å². The Labute approximate surface area is 124 Å². The van der Waals surface area contributed by atoms with Crippen molar-refractivity contribution < 1.29 is 14.7 Å². The first-order chi connectivity index (χ1) is 9.89. The van der Waals surface area contributed by atoms with Gasteiger partial charge in [-0.3, -0.25) is 9.59 Å². The van der Waals surface area contributed by atoms with Gasteiger partial charge in [-0.15, -0.1) is 0 Å². The summed E-state index contributed by atoms with van der Waals surface area (Å²) in [5, 5.41) is 15.3. The number of carbonyl (C=O) groups is 2. The van der Waals surface area contributed by atoms with Crippen LogP contribution in [0.15, 0.2) is 18.2 Å². The average molecular weight is 290 g/mol. The molecule has 0 atom stereocenters. The molecule has 0 bridgehead atoms. The van der Waals surface area contributed by atoms with Crippen molar-refractivity contribution in [1.82, 2.24) is 5.32 Å². The van der Waals surface area contributed by atoms with Crippen molar-refractivity contribution in [1.29, 1.82) is 0 Å². The molecule has 0 radical (unpaired) electrons. The van der Waals surface area contributed by atoms with Crippen LogP contribution in [-0.4, -0.2) is 29.1 Å². The van der Waals surface area contributed by atoms with E-state index in [0.29, 0.717) is 18.5 Å². The third-order valence-electron chi connectivity index (χ3n) is 3.96. The highest BCUT2D eigenvalue weighted by molar-refractivity contribution is 6.39. The van der Waals surface area contributed by atoms with Gasteiger partial charge in [0.2, 0.25) is 0 Å². The standard InChI is InChI=1S/C16H22N2O3/c1-11-5-6-12(2)13(9-11)18-15(20)14(19)17-10-16(21)7-3-4-8-16/h5-6,9,21H,3-4,7-8,10H2,1-2H3,(H,17,19)(H,18,20). The molecule has 1 aromatic carbocycles. The number of aryl methyl sites for hydroxylation is 2. The summed E-state index contributed by atoms with van der Waals surface area (Å²) in [5.41, 5.74) is 1.69.